The minimum absolute atomic E-state index is 0.222. The Morgan fingerprint density at radius 1 is 0.941 bits per heavy atom. The highest BCUT2D eigenvalue weighted by Gasteiger charge is 2.19. The summed E-state index contributed by atoms with van der Waals surface area (Å²) in [6.07, 6.45) is 7.90. The van der Waals surface area contributed by atoms with E-state index < -0.39 is 0 Å². The zero-order chi connectivity index (χ0) is 12.7. The van der Waals surface area contributed by atoms with Gasteiger partial charge in [-0.05, 0) is 29.5 Å². The number of phenols is 1. The largest absolute Gasteiger partial charge is 0.508 e. The zero-order valence-corrected chi connectivity index (χ0v) is 11.5. The number of aromatic hydroxyl groups is 1. The quantitative estimate of drug-likeness (QED) is 0.656. The monoisotopic (exact) mass is 234 g/mol. The molecule has 0 saturated heterocycles. The third-order valence-electron chi connectivity index (χ3n) is 3.55. The summed E-state index contributed by atoms with van der Waals surface area (Å²) >= 11 is 0. The van der Waals surface area contributed by atoms with E-state index in [0.29, 0.717) is 5.75 Å². The Morgan fingerprint density at radius 3 is 2.12 bits per heavy atom. The van der Waals surface area contributed by atoms with E-state index in [9.17, 15) is 5.11 Å². The lowest BCUT2D eigenvalue weighted by atomic mass is 9.80. The molecule has 0 unspecified atom stereocenters. The van der Waals surface area contributed by atoms with Crippen LogP contribution in [0, 0.1) is 0 Å². The molecule has 1 aromatic rings. The minimum atomic E-state index is 0.222. The lowest BCUT2D eigenvalue weighted by Crippen LogP contribution is -2.16. The van der Waals surface area contributed by atoms with Crippen LogP contribution in [-0.4, -0.2) is 5.11 Å². The van der Waals surface area contributed by atoms with Gasteiger partial charge in [0.15, 0.2) is 0 Å². The molecule has 96 valence electrons. The Hall–Kier alpha value is -0.980. The van der Waals surface area contributed by atoms with E-state index in [1.807, 2.05) is 12.1 Å². The molecular weight excluding hydrogens is 208 g/mol. The third kappa shape index (κ3) is 4.80. The molecule has 0 heterocycles. The average molecular weight is 234 g/mol. The Bertz CT molecular complexity index is 311. The maximum absolute atomic E-state index is 9.30. The predicted molar refractivity (Wildman–Crippen MR) is 74.5 cm³/mol. The molecule has 1 heteroatoms. The number of unbranched alkanes of at least 4 members (excludes halogenated alkanes) is 4. The molecule has 0 amide bonds. The van der Waals surface area contributed by atoms with E-state index in [-0.39, 0.29) is 5.41 Å². The number of phenolic OH excluding ortho intramolecular Hbond substituents is 1. The molecule has 0 fully saturated rings. The molecule has 0 atom stereocenters. The molecule has 0 bridgehead atoms. The van der Waals surface area contributed by atoms with Gasteiger partial charge in [-0.3, -0.25) is 0 Å². The summed E-state index contributed by atoms with van der Waals surface area (Å²) in [7, 11) is 0. The highest BCUT2D eigenvalue weighted by molar-refractivity contribution is 5.30. The Morgan fingerprint density at radius 2 is 1.53 bits per heavy atom. The first kappa shape index (κ1) is 14.1. The summed E-state index contributed by atoms with van der Waals surface area (Å²) in [5.74, 6) is 0.354. The summed E-state index contributed by atoms with van der Waals surface area (Å²) < 4.78 is 0. The fourth-order valence-corrected chi connectivity index (χ4v) is 2.23. The van der Waals surface area contributed by atoms with Crippen LogP contribution in [0.25, 0.3) is 0 Å². The van der Waals surface area contributed by atoms with Crippen LogP contribution in [0.5, 0.6) is 5.75 Å². The number of benzene rings is 1. The summed E-state index contributed by atoms with van der Waals surface area (Å²) in [5.41, 5.74) is 1.55. The lowest BCUT2D eigenvalue weighted by molar-refractivity contribution is 0.441. The Balaban J connectivity index is 2.42. The first-order valence-corrected chi connectivity index (χ1v) is 6.86. The van der Waals surface area contributed by atoms with Gasteiger partial charge < -0.3 is 5.11 Å². The molecule has 1 aromatic carbocycles. The topological polar surface area (TPSA) is 20.2 Å². The molecule has 0 aliphatic rings. The molecule has 0 aromatic heterocycles. The van der Waals surface area contributed by atoms with Gasteiger partial charge in [0.1, 0.15) is 5.75 Å². The van der Waals surface area contributed by atoms with Crippen molar-refractivity contribution in [3.8, 4) is 5.75 Å². The van der Waals surface area contributed by atoms with Gasteiger partial charge >= 0.3 is 0 Å². The molecule has 0 spiro atoms. The Labute approximate surface area is 106 Å². The van der Waals surface area contributed by atoms with Crippen LogP contribution < -0.4 is 0 Å². The van der Waals surface area contributed by atoms with Crippen molar-refractivity contribution in [2.45, 2.75) is 64.7 Å². The second-order valence-electron chi connectivity index (χ2n) is 5.59. The number of hydrogen-bond donors (Lipinski definition) is 1. The van der Waals surface area contributed by atoms with Crippen LogP contribution in [-0.2, 0) is 5.41 Å². The minimum Gasteiger partial charge on any atom is -0.508 e. The maximum Gasteiger partial charge on any atom is 0.115 e. The highest BCUT2D eigenvalue weighted by Crippen LogP contribution is 2.30. The molecule has 0 aliphatic heterocycles. The molecule has 0 radical (unpaired) electrons. The fourth-order valence-electron chi connectivity index (χ4n) is 2.23. The van der Waals surface area contributed by atoms with Gasteiger partial charge in [0, 0.05) is 0 Å². The van der Waals surface area contributed by atoms with Crippen molar-refractivity contribution in [1.29, 1.82) is 0 Å². The van der Waals surface area contributed by atoms with Gasteiger partial charge in [-0.2, -0.15) is 0 Å². The van der Waals surface area contributed by atoms with Crippen LogP contribution in [0.15, 0.2) is 24.3 Å². The van der Waals surface area contributed by atoms with Crippen LogP contribution in [0.4, 0.5) is 0 Å². The summed E-state index contributed by atoms with van der Waals surface area (Å²) in [6.45, 7) is 6.83. The van der Waals surface area contributed by atoms with E-state index in [1.165, 1.54) is 44.1 Å². The molecule has 17 heavy (non-hydrogen) atoms. The van der Waals surface area contributed by atoms with Crippen LogP contribution >= 0.6 is 0 Å². The van der Waals surface area contributed by atoms with Crippen molar-refractivity contribution in [1.82, 2.24) is 0 Å². The highest BCUT2D eigenvalue weighted by atomic mass is 16.3. The van der Waals surface area contributed by atoms with Crippen molar-refractivity contribution < 1.29 is 5.11 Å². The second-order valence-corrected chi connectivity index (χ2v) is 5.59. The van der Waals surface area contributed by atoms with Crippen molar-refractivity contribution >= 4 is 0 Å². The summed E-state index contributed by atoms with van der Waals surface area (Å²) in [5, 5.41) is 9.30. The van der Waals surface area contributed by atoms with E-state index >= 15 is 0 Å². The van der Waals surface area contributed by atoms with Crippen LogP contribution in [0.1, 0.15) is 64.9 Å². The van der Waals surface area contributed by atoms with Gasteiger partial charge in [-0.25, -0.2) is 0 Å². The SMILES string of the molecule is CCCCCCCC(C)(C)c1ccc(O)cc1. The molecular formula is C16H26O. The molecule has 1 nitrogen and oxygen atoms in total. The third-order valence-corrected chi connectivity index (χ3v) is 3.55. The molecule has 1 rings (SSSR count). The normalized spacial score (nSPS) is 11.7. The van der Waals surface area contributed by atoms with Crippen molar-refractivity contribution in [2.75, 3.05) is 0 Å². The van der Waals surface area contributed by atoms with E-state index in [1.54, 1.807) is 12.1 Å². The zero-order valence-electron chi connectivity index (χ0n) is 11.5. The van der Waals surface area contributed by atoms with Gasteiger partial charge in [0.25, 0.3) is 0 Å². The average Bonchev–Trinajstić information content (AvgIpc) is 2.29. The van der Waals surface area contributed by atoms with Crippen molar-refractivity contribution in [3.63, 3.8) is 0 Å². The van der Waals surface area contributed by atoms with Crippen molar-refractivity contribution in [3.05, 3.63) is 29.8 Å². The van der Waals surface area contributed by atoms with E-state index in [0.717, 1.165) is 0 Å². The standard InChI is InChI=1S/C16H26O/c1-4-5-6-7-8-13-16(2,3)14-9-11-15(17)12-10-14/h9-12,17H,4-8,13H2,1-3H3. The van der Waals surface area contributed by atoms with Gasteiger partial charge in [0.05, 0.1) is 0 Å². The number of hydrogen-bond acceptors (Lipinski definition) is 1. The Kier molecular flexibility index (Phi) is 5.54. The van der Waals surface area contributed by atoms with Gasteiger partial charge in [-0.15, -0.1) is 0 Å². The number of rotatable bonds is 7. The summed E-state index contributed by atoms with van der Waals surface area (Å²) in [6, 6.07) is 7.66. The smallest absolute Gasteiger partial charge is 0.115 e. The van der Waals surface area contributed by atoms with Gasteiger partial charge in [0.2, 0.25) is 0 Å². The second kappa shape index (κ2) is 6.68. The fraction of sp³-hybridized carbons (Fsp3) is 0.625. The molecule has 0 aliphatic carbocycles. The first-order chi connectivity index (χ1) is 8.06. The summed E-state index contributed by atoms with van der Waals surface area (Å²) in [4.78, 5) is 0. The maximum atomic E-state index is 9.30. The molecule has 1 N–H and O–H groups in total. The van der Waals surface area contributed by atoms with Gasteiger partial charge in [-0.1, -0.05) is 65.0 Å². The molecule has 0 saturated carbocycles. The first-order valence-electron chi connectivity index (χ1n) is 6.86. The van der Waals surface area contributed by atoms with Crippen LogP contribution in [0.2, 0.25) is 0 Å². The lowest BCUT2D eigenvalue weighted by Gasteiger charge is -2.25. The predicted octanol–water partition coefficient (Wildman–Crippen LogP) is 5.03. The van der Waals surface area contributed by atoms with E-state index in [2.05, 4.69) is 20.8 Å². The van der Waals surface area contributed by atoms with Crippen molar-refractivity contribution in [2.24, 2.45) is 0 Å². The van der Waals surface area contributed by atoms with E-state index in [4.69, 9.17) is 0 Å². The van der Waals surface area contributed by atoms with Crippen LogP contribution in [0.3, 0.4) is 0 Å².